The molecule has 0 saturated carbocycles. The number of aldehydes is 2. The number of carbonyl (C=O) groups is 2. The molecule has 0 aliphatic carbocycles. The molecule has 4 atom stereocenters. The molecule has 19 heavy (non-hydrogen) atoms. The van der Waals surface area contributed by atoms with Gasteiger partial charge >= 0.3 is 0 Å². The van der Waals surface area contributed by atoms with Gasteiger partial charge < -0.3 is 14.3 Å². The van der Waals surface area contributed by atoms with E-state index in [0.29, 0.717) is 12.8 Å². The molecular weight excluding hydrogens is 244 g/mol. The zero-order valence-corrected chi connectivity index (χ0v) is 10.4. The van der Waals surface area contributed by atoms with Gasteiger partial charge in [-0.05, 0) is 12.8 Å². The van der Waals surface area contributed by atoms with Crippen molar-refractivity contribution in [3.63, 3.8) is 0 Å². The van der Waals surface area contributed by atoms with Crippen molar-refractivity contribution in [1.82, 2.24) is 0 Å². The van der Waals surface area contributed by atoms with Crippen molar-refractivity contribution < 1.29 is 14.3 Å². The van der Waals surface area contributed by atoms with Gasteiger partial charge in [0.25, 0.3) is 0 Å². The molecule has 0 spiro atoms. The van der Waals surface area contributed by atoms with E-state index >= 15 is 0 Å². The van der Waals surface area contributed by atoms with Crippen LogP contribution >= 0.6 is 0 Å². The van der Waals surface area contributed by atoms with Crippen LogP contribution in [0.25, 0.3) is 0 Å². The highest BCUT2D eigenvalue weighted by molar-refractivity contribution is 5.51. The maximum atomic E-state index is 10.6. The standard InChI is InChI=1S/C14H14N2O3/c15-9-11-12(10-16)14(4-2-8-18)6-5-13(11,19-14)3-1-7-17/h5-8,11-12H,1-4H2/t11-,12-,13-,14+/m0/s1. The van der Waals surface area contributed by atoms with E-state index in [1.807, 2.05) is 0 Å². The molecule has 0 unspecified atom stereocenters. The Balaban J connectivity index is 2.33. The number of nitriles is 2. The van der Waals surface area contributed by atoms with Crippen LogP contribution in [0.15, 0.2) is 12.2 Å². The van der Waals surface area contributed by atoms with Crippen molar-refractivity contribution in [3.05, 3.63) is 12.2 Å². The van der Waals surface area contributed by atoms with Crippen molar-refractivity contribution in [2.45, 2.75) is 36.9 Å². The van der Waals surface area contributed by atoms with Crippen LogP contribution in [0.3, 0.4) is 0 Å². The van der Waals surface area contributed by atoms with Crippen LogP contribution in [0.4, 0.5) is 0 Å². The minimum atomic E-state index is -0.848. The summed E-state index contributed by atoms with van der Waals surface area (Å²) >= 11 is 0. The van der Waals surface area contributed by atoms with Crippen molar-refractivity contribution in [2.24, 2.45) is 11.8 Å². The van der Waals surface area contributed by atoms with Gasteiger partial charge in [-0.25, -0.2) is 0 Å². The Bertz CT molecular complexity index is 458. The van der Waals surface area contributed by atoms with Crippen LogP contribution < -0.4 is 0 Å². The maximum absolute atomic E-state index is 10.6. The lowest BCUT2D eigenvalue weighted by Crippen LogP contribution is -2.36. The van der Waals surface area contributed by atoms with Gasteiger partial charge in [-0.2, -0.15) is 10.5 Å². The maximum Gasteiger partial charge on any atom is 0.120 e. The highest BCUT2D eigenvalue weighted by atomic mass is 16.5. The van der Waals surface area contributed by atoms with Crippen molar-refractivity contribution in [3.8, 4) is 12.1 Å². The van der Waals surface area contributed by atoms with E-state index in [1.54, 1.807) is 12.2 Å². The van der Waals surface area contributed by atoms with Gasteiger partial charge in [0.1, 0.15) is 23.8 Å². The van der Waals surface area contributed by atoms with Gasteiger partial charge in [0.15, 0.2) is 0 Å². The first-order chi connectivity index (χ1) is 9.18. The van der Waals surface area contributed by atoms with Gasteiger partial charge in [0.05, 0.1) is 24.0 Å². The molecule has 1 fully saturated rings. The van der Waals surface area contributed by atoms with Crippen LogP contribution in [-0.2, 0) is 14.3 Å². The van der Waals surface area contributed by atoms with E-state index in [4.69, 9.17) is 4.74 Å². The fraction of sp³-hybridized carbons (Fsp3) is 0.571. The molecule has 0 radical (unpaired) electrons. The van der Waals surface area contributed by atoms with Crippen molar-refractivity contribution in [2.75, 3.05) is 0 Å². The summed E-state index contributed by atoms with van der Waals surface area (Å²) in [5.41, 5.74) is -1.70. The summed E-state index contributed by atoms with van der Waals surface area (Å²) in [5, 5.41) is 18.6. The molecule has 98 valence electrons. The normalized spacial score (nSPS) is 38.6. The number of hydrogen-bond donors (Lipinski definition) is 0. The van der Waals surface area contributed by atoms with E-state index in [-0.39, 0.29) is 12.8 Å². The molecule has 0 N–H and O–H groups in total. The fourth-order valence-electron chi connectivity index (χ4n) is 3.12. The third-order valence-corrected chi connectivity index (χ3v) is 4.00. The fourth-order valence-corrected chi connectivity index (χ4v) is 3.12. The second-order valence-corrected chi connectivity index (χ2v) is 4.97. The highest BCUT2D eigenvalue weighted by Crippen LogP contribution is 2.56. The van der Waals surface area contributed by atoms with Gasteiger partial charge in [-0.3, -0.25) is 0 Å². The quantitative estimate of drug-likeness (QED) is 0.529. The SMILES string of the molecule is N#C[C@H]1[C@H](C#N)[C@@]2(CCC=O)C=C[C@]1(CCC=O)O2. The lowest BCUT2D eigenvalue weighted by molar-refractivity contribution is -0.110. The second-order valence-electron chi connectivity index (χ2n) is 4.97. The zero-order valence-electron chi connectivity index (χ0n) is 10.4. The zero-order chi connectivity index (χ0) is 13.9. The Kier molecular flexibility index (Phi) is 3.50. The Morgan fingerprint density at radius 2 is 1.42 bits per heavy atom. The number of rotatable bonds is 6. The Morgan fingerprint density at radius 1 is 1.00 bits per heavy atom. The summed E-state index contributed by atoms with van der Waals surface area (Å²) in [6.07, 6.45) is 6.51. The number of fused-ring (bicyclic) bond motifs is 2. The molecule has 0 amide bonds. The summed E-state index contributed by atoms with van der Waals surface area (Å²) in [6, 6.07) is 4.29. The van der Waals surface area contributed by atoms with E-state index < -0.39 is 23.0 Å². The lowest BCUT2D eigenvalue weighted by atomic mass is 9.69. The van der Waals surface area contributed by atoms with E-state index in [1.165, 1.54) is 0 Å². The first kappa shape index (κ1) is 13.5. The summed E-state index contributed by atoms with van der Waals surface area (Å²) < 4.78 is 5.98. The number of ether oxygens (including phenoxy) is 1. The average molecular weight is 258 g/mol. The molecule has 0 aromatic rings. The van der Waals surface area contributed by atoms with Crippen LogP contribution in [-0.4, -0.2) is 23.8 Å². The summed E-state index contributed by atoms with van der Waals surface area (Å²) in [5.74, 6) is -1.18. The summed E-state index contributed by atoms with van der Waals surface area (Å²) in [4.78, 5) is 21.1. The topological polar surface area (TPSA) is 91.0 Å². The number of nitrogens with zero attached hydrogens (tertiary/aromatic N) is 2. The predicted molar refractivity (Wildman–Crippen MR) is 64.5 cm³/mol. The highest BCUT2D eigenvalue weighted by Gasteiger charge is 2.64. The predicted octanol–water partition coefficient (Wildman–Crippen LogP) is 1.30. The first-order valence-corrected chi connectivity index (χ1v) is 6.25. The summed E-state index contributed by atoms with van der Waals surface area (Å²) in [7, 11) is 0. The molecule has 2 aliphatic heterocycles. The minimum Gasteiger partial charge on any atom is -0.358 e. The first-order valence-electron chi connectivity index (χ1n) is 6.25. The third-order valence-electron chi connectivity index (χ3n) is 4.00. The van der Waals surface area contributed by atoms with Crippen LogP contribution in [0.5, 0.6) is 0 Å². The molecule has 2 heterocycles. The van der Waals surface area contributed by atoms with Gasteiger partial charge in [0, 0.05) is 12.8 Å². The van der Waals surface area contributed by atoms with Crippen molar-refractivity contribution in [1.29, 1.82) is 10.5 Å². The van der Waals surface area contributed by atoms with Crippen LogP contribution in [0.2, 0.25) is 0 Å². The van der Waals surface area contributed by atoms with Gasteiger partial charge in [0.2, 0.25) is 0 Å². The molecule has 2 rings (SSSR count). The van der Waals surface area contributed by atoms with Crippen molar-refractivity contribution >= 4 is 12.6 Å². The second kappa shape index (κ2) is 4.95. The Hall–Kier alpha value is -1.98. The van der Waals surface area contributed by atoms with E-state index in [9.17, 15) is 20.1 Å². The number of carbonyl (C=O) groups excluding carboxylic acids is 2. The van der Waals surface area contributed by atoms with E-state index in [2.05, 4.69) is 12.1 Å². The Labute approximate surface area is 111 Å². The molecule has 5 heteroatoms. The lowest BCUT2D eigenvalue weighted by Gasteiger charge is -2.26. The Morgan fingerprint density at radius 3 is 1.74 bits per heavy atom. The third kappa shape index (κ3) is 1.87. The molecule has 0 aromatic heterocycles. The average Bonchev–Trinajstić information content (AvgIpc) is 2.93. The van der Waals surface area contributed by atoms with Gasteiger partial charge in [-0.1, -0.05) is 12.2 Å². The monoisotopic (exact) mass is 258 g/mol. The molecular formula is C14H14N2O3. The van der Waals surface area contributed by atoms with E-state index in [0.717, 1.165) is 12.6 Å². The smallest absolute Gasteiger partial charge is 0.120 e. The molecule has 2 aliphatic rings. The minimum absolute atomic E-state index is 0.282. The molecule has 0 aromatic carbocycles. The molecule has 1 saturated heterocycles. The van der Waals surface area contributed by atoms with Crippen LogP contribution in [0.1, 0.15) is 25.7 Å². The van der Waals surface area contributed by atoms with Crippen LogP contribution in [0, 0.1) is 34.5 Å². The largest absolute Gasteiger partial charge is 0.358 e. The molecule has 2 bridgehead atoms. The number of hydrogen-bond acceptors (Lipinski definition) is 5. The summed E-state index contributed by atoms with van der Waals surface area (Å²) in [6.45, 7) is 0. The van der Waals surface area contributed by atoms with Gasteiger partial charge in [-0.15, -0.1) is 0 Å². The molecule has 5 nitrogen and oxygen atoms in total.